The average Bonchev–Trinajstić information content (AvgIpc) is 3.07. The molecule has 23 heavy (non-hydrogen) atoms. The van der Waals surface area contributed by atoms with E-state index in [1.54, 1.807) is 0 Å². The number of carbonyl (C=O) groups excluding carboxylic acids is 1. The van der Waals surface area contributed by atoms with Crippen LogP contribution in [0.5, 0.6) is 0 Å². The summed E-state index contributed by atoms with van der Waals surface area (Å²) in [5.74, 6) is 0. The van der Waals surface area contributed by atoms with Gasteiger partial charge in [-0.1, -0.05) is 24.3 Å². The number of aryl methyl sites for hydroxylation is 1. The summed E-state index contributed by atoms with van der Waals surface area (Å²) in [5.41, 5.74) is 2.44. The van der Waals surface area contributed by atoms with Crippen LogP contribution in [-0.2, 0) is 6.54 Å². The quantitative estimate of drug-likeness (QED) is 0.926. The van der Waals surface area contributed by atoms with E-state index in [1.807, 2.05) is 12.1 Å². The Kier molecular flexibility index (Phi) is 5.55. The SMILES string of the molecule is Cc1ccccc1CNC(=O)N1CCCC[C@H]1CN1CCCC1. The molecule has 0 spiro atoms. The molecule has 2 fully saturated rings. The molecule has 126 valence electrons. The van der Waals surface area contributed by atoms with E-state index < -0.39 is 0 Å². The van der Waals surface area contributed by atoms with Gasteiger partial charge in [0.2, 0.25) is 0 Å². The number of urea groups is 1. The summed E-state index contributed by atoms with van der Waals surface area (Å²) in [6.45, 7) is 7.08. The molecular weight excluding hydrogens is 286 g/mol. The molecule has 0 aromatic heterocycles. The Balaban J connectivity index is 1.56. The predicted octanol–water partition coefficient (Wildman–Crippen LogP) is 3.15. The van der Waals surface area contributed by atoms with Crippen LogP contribution >= 0.6 is 0 Å². The van der Waals surface area contributed by atoms with Gasteiger partial charge in [0.1, 0.15) is 0 Å². The molecule has 0 unspecified atom stereocenters. The molecular formula is C19H29N3O. The zero-order chi connectivity index (χ0) is 16.1. The number of carbonyl (C=O) groups is 1. The molecule has 1 atom stereocenters. The maximum atomic E-state index is 12.7. The highest BCUT2D eigenvalue weighted by molar-refractivity contribution is 5.74. The van der Waals surface area contributed by atoms with Crippen LogP contribution in [0.2, 0.25) is 0 Å². The highest BCUT2D eigenvalue weighted by Crippen LogP contribution is 2.20. The van der Waals surface area contributed by atoms with Crippen molar-refractivity contribution in [3.05, 3.63) is 35.4 Å². The third-order valence-electron chi connectivity index (χ3n) is 5.25. The largest absolute Gasteiger partial charge is 0.334 e. The van der Waals surface area contributed by atoms with Crippen molar-refractivity contribution < 1.29 is 4.79 Å². The molecule has 1 N–H and O–H groups in total. The topological polar surface area (TPSA) is 35.6 Å². The molecule has 2 amide bonds. The predicted molar refractivity (Wildman–Crippen MR) is 93.4 cm³/mol. The van der Waals surface area contributed by atoms with Gasteiger partial charge < -0.3 is 15.1 Å². The Morgan fingerprint density at radius 2 is 1.87 bits per heavy atom. The van der Waals surface area contributed by atoms with E-state index in [2.05, 4.69) is 34.2 Å². The maximum Gasteiger partial charge on any atom is 0.317 e. The minimum Gasteiger partial charge on any atom is -0.334 e. The molecule has 0 radical (unpaired) electrons. The number of likely N-dealkylation sites (tertiary alicyclic amines) is 2. The maximum absolute atomic E-state index is 12.7. The van der Waals surface area contributed by atoms with Crippen LogP contribution in [0.15, 0.2) is 24.3 Å². The van der Waals surface area contributed by atoms with Crippen molar-refractivity contribution in [1.82, 2.24) is 15.1 Å². The van der Waals surface area contributed by atoms with Gasteiger partial charge >= 0.3 is 6.03 Å². The Labute approximate surface area is 139 Å². The number of rotatable bonds is 4. The standard InChI is InChI=1S/C19H29N3O/c1-16-8-2-3-9-17(16)14-20-19(23)22-13-5-4-10-18(22)15-21-11-6-7-12-21/h2-3,8-9,18H,4-7,10-15H2,1H3,(H,20,23)/t18-/m0/s1. The van der Waals surface area contributed by atoms with Gasteiger partial charge in [-0.15, -0.1) is 0 Å². The third kappa shape index (κ3) is 4.25. The van der Waals surface area contributed by atoms with E-state index in [0.29, 0.717) is 12.6 Å². The molecule has 3 rings (SSSR count). The molecule has 1 aromatic rings. The van der Waals surface area contributed by atoms with Crippen LogP contribution in [-0.4, -0.2) is 48.1 Å². The number of nitrogens with zero attached hydrogens (tertiary/aromatic N) is 2. The van der Waals surface area contributed by atoms with Crippen molar-refractivity contribution in [2.75, 3.05) is 26.2 Å². The summed E-state index contributed by atoms with van der Waals surface area (Å²) in [4.78, 5) is 17.3. The first-order valence-corrected chi connectivity index (χ1v) is 9.05. The highest BCUT2D eigenvalue weighted by Gasteiger charge is 2.28. The van der Waals surface area contributed by atoms with E-state index in [-0.39, 0.29) is 6.03 Å². The lowest BCUT2D eigenvalue weighted by Crippen LogP contribution is -2.52. The van der Waals surface area contributed by atoms with E-state index in [1.165, 1.54) is 43.5 Å². The third-order valence-corrected chi connectivity index (χ3v) is 5.25. The van der Waals surface area contributed by atoms with Crippen molar-refractivity contribution in [3.8, 4) is 0 Å². The van der Waals surface area contributed by atoms with Gasteiger partial charge in [-0.3, -0.25) is 0 Å². The van der Waals surface area contributed by atoms with Gasteiger partial charge in [0.25, 0.3) is 0 Å². The first kappa shape index (κ1) is 16.3. The fourth-order valence-electron chi connectivity index (χ4n) is 3.80. The van der Waals surface area contributed by atoms with Crippen LogP contribution in [0.3, 0.4) is 0 Å². The summed E-state index contributed by atoms with van der Waals surface area (Å²) in [6, 6.07) is 8.76. The molecule has 2 saturated heterocycles. The Hall–Kier alpha value is -1.55. The molecule has 2 aliphatic rings. The number of benzene rings is 1. The zero-order valence-electron chi connectivity index (χ0n) is 14.3. The molecule has 1 aromatic carbocycles. The average molecular weight is 315 g/mol. The summed E-state index contributed by atoms with van der Waals surface area (Å²) in [6.07, 6.45) is 6.15. The first-order chi connectivity index (χ1) is 11.2. The fraction of sp³-hybridized carbons (Fsp3) is 0.632. The number of piperidine rings is 1. The molecule has 4 heteroatoms. The second-order valence-electron chi connectivity index (χ2n) is 6.94. The summed E-state index contributed by atoms with van der Waals surface area (Å²) < 4.78 is 0. The number of amides is 2. The zero-order valence-corrected chi connectivity index (χ0v) is 14.3. The Morgan fingerprint density at radius 1 is 1.13 bits per heavy atom. The Morgan fingerprint density at radius 3 is 2.65 bits per heavy atom. The lowest BCUT2D eigenvalue weighted by molar-refractivity contribution is 0.127. The van der Waals surface area contributed by atoms with Crippen molar-refractivity contribution in [2.45, 2.75) is 51.6 Å². The summed E-state index contributed by atoms with van der Waals surface area (Å²) >= 11 is 0. The number of hydrogen-bond donors (Lipinski definition) is 1. The van der Waals surface area contributed by atoms with Crippen LogP contribution < -0.4 is 5.32 Å². The molecule has 0 aliphatic carbocycles. The van der Waals surface area contributed by atoms with Gasteiger partial charge in [-0.05, 0) is 63.2 Å². The van der Waals surface area contributed by atoms with Crippen LogP contribution in [0.4, 0.5) is 4.79 Å². The molecule has 2 aliphatic heterocycles. The van der Waals surface area contributed by atoms with Gasteiger partial charge in [-0.25, -0.2) is 4.79 Å². The molecule has 0 saturated carbocycles. The minimum atomic E-state index is 0.108. The van der Waals surface area contributed by atoms with Gasteiger partial charge in [0.05, 0.1) is 0 Å². The van der Waals surface area contributed by atoms with Gasteiger partial charge in [0.15, 0.2) is 0 Å². The normalized spacial score (nSPS) is 22.3. The van der Waals surface area contributed by atoms with E-state index >= 15 is 0 Å². The lowest BCUT2D eigenvalue weighted by Gasteiger charge is -2.37. The van der Waals surface area contributed by atoms with Crippen LogP contribution in [0.25, 0.3) is 0 Å². The van der Waals surface area contributed by atoms with Crippen molar-refractivity contribution in [2.24, 2.45) is 0 Å². The monoisotopic (exact) mass is 315 g/mol. The van der Waals surface area contributed by atoms with Gasteiger partial charge in [0, 0.05) is 25.7 Å². The Bertz CT molecular complexity index is 525. The van der Waals surface area contributed by atoms with Crippen molar-refractivity contribution in [3.63, 3.8) is 0 Å². The minimum absolute atomic E-state index is 0.108. The van der Waals surface area contributed by atoms with E-state index in [9.17, 15) is 4.79 Å². The van der Waals surface area contributed by atoms with E-state index in [0.717, 1.165) is 25.9 Å². The second kappa shape index (κ2) is 7.82. The molecule has 2 heterocycles. The van der Waals surface area contributed by atoms with E-state index in [4.69, 9.17) is 0 Å². The fourth-order valence-corrected chi connectivity index (χ4v) is 3.80. The highest BCUT2D eigenvalue weighted by atomic mass is 16.2. The molecule has 0 bridgehead atoms. The first-order valence-electron chi connectivity index (χ1n) is 9.05. The number of hydrogen-bond acceptors (Lipinski definition) is 2. The molecule has 4 nitrogen and oxygen atoms in total. The van der Waals surface area contributed by atoms with Crippen LogP contribution in [0.1, 0.15) is 43.2 Å². The summed E-state index contributed by atoms with van der Waals surface area (Å²) in [5, 5.41) is 3.13. The second-order valence-corrected chi connectivity index (χ2v) is 6.94. The van der Waals surface area contributed by atoms with Crippen LogP contribution in [0, 0.1) is 6.92 Å². The van der Waals surface area contributed by atoms with Crippen molar-refractivity contribution >= 4 is 6.03 Å². The summed E-state index contributed by atoms with van der Waals surface area (Å²) in [7, 11) is 0. The lowest BCUT2D eigenvalue weighted by atomic mass is 10.0. The smallest absolute Gasteiger partial charge is 0.317 e. The van der Waals surface area contributed by atoms with Crippen molar-refractivity contribution in [1.29, 1.82) is 0 Å². The number of nitrogens with one attached hydrogen (secondary N) is 1. The van der Waals surface area contributed by atoms with Gasteiger partial charge in [-0.2, -0.15) is 0 Å².